The van der Waals surface area contributed by atoms with Crippen molar-refractivity contribution in [2.24, 2.45) is 0 Å². The largest absolute Gasteiger partial charge is 0.445 e. The van der Waals surface area contributed by atoms with Crippen LogP contribution in [-0.4, -0.2) is 22.5 Å². The van der Waals surface area contributed by atoms with Crippen LogP contribution in [0.15, 0.2) is 42.5 Å². The number of nitrogens with zero attached hydrogens (tertiary/aromatic N) is 1. The normalized spacial score (nSPS) is 19.4. The Hall–Kier alpha value is -2.73. The lowest BCUT2D eigenvalue weighted by Crippen LogP contribution is -2.48. The number of cyclic esters (lactones) is 1. The fourth-order valence-corrected chi connectivity index (χ4v) is 3.91. The Labute approximate surface area is 148 Å². The SMILES string of the molecule is Cc1nc2ccc(NC(=O)C3(C)Cc4ccccc4C(=O)O3)cc2s1. The van der Waals surface area contributed by atoms with Crippen molar-refractivity contribution in [3.63, 3.8) is 0 Å². The molecule has 1 aliphatic heterocycles. The predicted molar refractivity (Wildman–Crippen MR) is 97.0 cm³/mol. The highest BCUT2D eigenvalue weighted by atomic mass is 32.1. The molecule has 0 aliphatic carbocycles. The van der Waals surface area contributed by atoms with Gasteiger partial charge in [-0.15, -0.1) is 11.3 Å². The molecule has 6 heteroatoms. The Morgan fingerprint density at radius 1 is 1.28 bits per heavy atom. The highest BCUT2D eigenvalue weighted by molar-refractivity contribution is 7.18. The Kier molecular flexibility index (Phi) is 3.58. The first kappa shape index (κ1) is 15.8. The van der Waals surface area contributed by atoms with Gasteiger partial charge >= 0.3 is 5.97 Å². The lowest BCUT2D eigenvalue weighted by Gasteiger charge is -2.33. The third-order valence-electron chi connectivity index (χ3n) is 4.32. The maximum atomic E-state index is 12.8. The van der Waals surface area contributed by atoms with Crippen LogP contribution >= 0.6 is 11.3 Å². The van der Waals surface area contributed by atoms with E-state index in [1.807, 2.05) is 31.2 Å². The summed E-state index contributed by atoms with van der Waals surface area (Å²) in [7, 11) is 0. The number of rotatable bonds is 2. The number of aromatic nitrogens is 1. The minimum Gasteiger partial charge on any atom is -0.445 e. The summed E-state index contributed by atoms with van der Waals surface area (Å²) in [6, 6.07) is 12.8. The van der Waals surface area contributed by atoms with Crippen molar-refractivity contribution in [1.82, 2.24) is 4.98 Å². The van der Waals surface area contributed by atoms with E-state index in [1.54, 1.807) is 36.5 Å². The second kappa shape index (κ2) is 5.67. The number of esters is 1. The van der Waals surface area contributed by atoms with E-state index in [2.05, 4.69) is 10.3 Å². The van der Waals surface area contributed by atoms with Crippen LogP contribution in [0.4, 0.5) is 5.69 Å². The van der Waals surface area contributed by atoms with Gasteiger partial charge in [-0.05, 0) is 43.7 Å². The molecule has 5 nitrogen and oxygen atoms in total. The van der Waals surface area contributed by atoms with Gasteiger partial charge in [0, 0.05) is 12.1 Å². The highest BCUT2D eigenvalue weighted by Gasteiger charge is 2.42. The molecule has 2 heterocycles. The molecule has 1 unspecified atom stereocenters. The van der Waals surface area contributed by atoms with E-state index in [-0.39, 0.29) is 5.91 Å². The number of ether oxygens (including phenoxy) is 1. The van der Waals surface area contributed by atoms with Crippen LogP contribution in [0.25, 0.3) is 10.2 Å². The molecule has 0 saturated heterocycles. The molecule has 1 aliphatic rings. The molecule has 1 atom stereocenters. The average Bonchev–Trinajstić information content (AvgIpc) is 2.94. The van der Waals surface area contributed by atoms with Gasteiger partial charge in [-0.2, -0.15) is 0 Å². The standard InChI is InChI=1S/C19H16N2O3S/c1-11-20-15-8-7-13(9-16(15)25-11)21-18(23)19(2)10-12-5-3-4-6-14(12)17(22)24-19/h3-9H,10H2,1-2H3,(H,21,23). The van der Waals surface area contributed by atoms with E-state index in [9.17, 15) is 9.59 Å². The Balaban J connectivity index is 1.60. The van der Waals surface area contributed by atoms with E-state index in [4.69, 9.17) is 4.74 Å². The van der Waals surface area contributed by atoms with Crippen molar-refractivity contribution in [2.45, 2.75) is 25.9 Å². The van der Waals surface area contributed by atoms with Crippen molar-refractivity contribution in [2.75, 3.05) is 5.32 Å². The molecule has 0 radical (unpaired) electrons. The number of fused-ring (bicyclic) bond motifs is 2. The first-order valence-corrected chi connectivity index (χ1v) is 8.76. The maximum absolute atomic E-state index is 12.8. The van der Waals surface area contributed by atoms with Crippen LogP contribution < -0.4 is 5.32 Å². The van der Waals surface area contributed by atoms with Crippen LogP contribution in [0.3, 0.4) is 0 Å². The first-order valence-electron chi connectivity index (χ1n) is 7.94. The molecule has 3 aromatic rings. The fraction of sp³-hybridized carbons (Fsp3) is 0.211. The summed E-state index contributed by atoms with van der Waals surface area (Å²) in [5.74, 6) is -0.802. The van der Waals surface area contributed by atoms with Crippen LogP contribution in [0.5, 0.6) is 0 Å². The zero-order valence-electron chi connectivity index (χ0n) is 13.8. The fourth-order valence-electron chi connectivity index (χ4n) is 3.04. The quantitative estimate of drug-likeness (QED) is 0.714. The molecule has 25 heavy (non-hydrogen) atoms. The Morgan fingerprint density at radius 2 is 2.08 bits per heavy atom. The average molecular weight is 352 g/mol. The number of carbonyl (C=O) groups excluding carboxylic acids is 2. The summed E-state index contributed by atoms with van der Waals surface area (Å²) in [4.78, 5) is 29.4. The highest BCUT2D eigenvalue weighted by Crippen LogP contribution is 2.30. The molecule has 0 spiro atoms. The molecule has 0 bridgehead atoms. The lowest BCUT2D eigenvalue weighted by atomic mass is 9.89. The monoisotopic (exact) mass is 352 g/mol. The van der Waals surface area contributed by atoms with Crippen LogP contribution in [0.2, 0.25) is 0 Å². The van der Waals surface area contributed by atoms with Crippen LogP contribution in [0.1, 0.15) is 27.9 Å². The van der Waals surface area contributed by atoms with Gasteiger partial charge in [0.2, 0.25) is 0 Å². The summed E-state index contributed by atoms with van der Waals surface area (Å²) in [6.45, 7) is 3.59. The van der Waals surface area contributed by atoms with Crippen molar-refractivity contribution in [3.8, 4) is 0 Å². The number of benzene rings is 2. The number of hydrogen-bond acceptors (Lipinski definition) is 5. The summed E-state index contributed by atoms with van der Waals surface area (Å²) in [5, 5.41) is 3.84. The molecular formula is C19H16N2O3S. The van der Waals surface area contributed by atoms with Gasteiger partial charge in [0.05, 0.1) is 20.8 Å². The molecular weight excluding hydrogens is 336 g/mol. The van der Waals surface area contributed by atoms with Crippen molar-refractivity contribution < 1.29 is 14.3 Å². The summed E-state index contributed by atoms with van der Waals surface area (Å²) >= 11 is 1.57. The van der Waals surface area contributed by atoms with Crippen molar-refractivity contribution in [3.05, 3.63) is 58.6 Å². The maximum Gasteiger partial charge on any atom is 0.339 e. The molecule has 0 fully saturated rings. The van der Waals surface area contributed by atoms with Crippen LogP contribution in [0, 0.1) is 6.92 Å². The van der Waals surface area contributed by atoms with Gasteiger partial charge in [-0.3, -0.25) is 4.79 Å². The molecule has 1 N–H and O–H groups in total. The number of aryl methyl sites for hydroxylation is 1. The van der Waals surface area contributed by atoms with E-state index in [1.165, 1.54) is 0 Å². The zero-order chi connectivity index (χ0) is 17.6. The number of carbonyl (C=O) groups is 2. The molecule has 126 valence electrons. The van der Waals surface area contributed by atoms with E-state index in [0.29, 0.717) is 17.7 Å². The molecule has 1 amide bonds. The van der Waals surface area contributed by atoms with Gasteiger partial charge in [0.15, 0.2) is 5.60 Å². The Morgan fingerprint density at radius 3 is 2.92 bits per heavy atom. The molecule has 0 saturated carbocycles. The van der Waals surface area contributed by atoms with Gasteiger partial charge in [-0.25, -0.2) is 9.78 Å². The molecule has 4 rings (SSSR count). The third-order valence-corrected chi connectivity index (χ3v) is 5.25. The van der Waals surface area contributed by atoms with E-state index >= 15 is 0 Å². The van der Waals surface area contributed by atoms with Gasteiger partial charge < -0.3 is 10.1 Å². The summed E-state index contributed by atoms with van der Waals surface area (Å²) in [6.07, 6.45) is 0.350. The number of nitrogens with one attached hydrogen (secondary N) is 1. The number of amides is 1. The summed E-state index contributed by atoms with van der Waals surface area (Å²) < 4.78 is 6.47. The topological polar surface area (TPSA) is 68.3 Å². The van der Waals surface area contributed by atoms with E-state index in [0.717, 1.165) is 20.8 Å². The minimum atomic E-state index is -1.23. The lowest BCUT2D eigenvalue weighted by molar-refractivity contribution is -0.134. The Bertz CT molecular complexity index is 1010. The van der Waals surface area contributed by atoms with Crippen LogP contribution in [-0.2, 0) is 16.0 Å². The number of anilines is 1. The molecule has 1 aromatic heterocycles. The third kappa shape index (κ3) is 2.78. The predicted octanol–water partition coefficient (Wildman–Crippen LogP) is 3.72. The second-order valence-electron chi connectivity index (χ2n) is 6.32. The van der Waals surface area contributed by atoms with Crippen molar-refractivity contribution >= 4 is 39.1 Å². The van der Waals surface area contributed by atoms with Gasteiger partial charge in [0.1, 0.15) is 0 Å². The number of thiazole rings is 1. The second-order valence-corrected chi connectivity index (χ2v) is 7.56. The molecule has 2 aromatic carbocycles. The van der Waals surface area contributed by atoms with Crippen molar-refractivity contribution in [1.29, 1.82) is 0 Å². The van der Waals surface area contributed by atoms with Gasteiger partial charge in [0.25, 0.3) is 5.91 Å². The number of hydrogen-bond donors (Lipinski definition) is 1. The van der Waals surface area contributed by atoms with Gasteiger partial charge in [-0.1, -0.05) is 18.2 Å². The minimum absolute atomic E-state index is 0.337. The van der Waals surface area contributed by atoms with E-state index < -0.39 is 11.6 Å². The summed E-state index contributed by atoms with van der Waals surface area (Å²) in [5.41, 5.74) is 1.69. The first-order chi connectivity index (χ1) is 11.9. The smallest absolute Gasteiger partial charge is 0.339 e. The zero-order valence-corrected chi connectivity index (χ0v) is 14.6.